The summed E-state index contributed by atoms with van der Waals surface area (Å²) in [6.45, 7) is 0. The number of phenolic OH excluding ortho intramolecular Hbond substituents is 1. The van der Waals surface area contributed by atoms with Crippen LogP contribution >= 0.6 is 22.6 Å². The number of aryl methyl sites for hydroxylation is 2. The lowest BCUT2D eigenvalue weighted by molar-refractivity contribution is 0.0956. The van der Waals surface area contributed by atoms with Gasteiger partial charge in [-0.2, -0.15) is 5.10 Å². The van der Waals surface area contributed by atoms with Gasteiger partial charge in [0.2, 0.25) is 5.56 Å². The van der Waals surface area contributed by atoms with Gasteiger partial charge in [-0.05, 0) is 54.0 Å². The first-order valence-corrected chi connectivity index (χ1v) is 11.0. The van der Waals surface area contributed by atoms with E-state index in [1.54, 1.807) is 24.3 Å². The number of nitrogens with zero attached hydrogens (tertiary/aromatic N) is 1. The van der Waals surface area contributed by atoms with Gasteiger partial charge in [0.05, 0.1) is 15.3 Å². The number of furan rings is 1. The van der Waals surface area contributed by atoms with Crippen LogP contribution in [0.4, 0.5) is 0 Å². The van der Waals surface area contributed by atoms with Crippen LogP contribution < -0.4 is 11.0 Å². The van der Waals surface area contributed by atoms with Gasteiger partial charge in [-0.15, -0.1) is 0 Å². The Labute approximate surface area is 190 Å². The lowest BCUT2D eigenvalue weighted by Gasteiger charge is -2.10. The average Bonchev–Trinajstić information content (AvgIpc) is 3.13. The zero-order valence-electron chi connectivity index (χ0n) is 16.4. The van der Waals surface area contributed by atoms with E-state index in [9.17, 15) is 14.7 Å². The molecule has 1 aliphatic carbocycles. The van der Waals surface area contributed by atoms with Gasteiger partial charge in [0.25, 0.3) is 5.91 Å². The first kappa shape index (κ1) is 19.8. The number of hydrazone groups is 1. The summed E-state index contributed by atoms with van der Waals surface area (Å²) in [5, 5.41) is 16.2. The summed E-state index contributed by atoms with van der Waals surface area (Å²) in [7, 11) is 0. The molecule has 0 saturated heterocycles. The van der Waals surface area contributed by atoms with Crippen LogP contribution in [0.2, 0.25) is 0 Å². The number of aromatic amines is 1. The molecule has 0 aliphatic heterocycles. The minimum atomic E-state index is -0.505. The highest BCUT2D eigenvalue weighted by Gasteiger charge is 2.23. The molecule has 3 N–H and O–H groups in total. The van der Waals surface area contributed by atoms with Crippen molar-refractivity contribution in [2.24, 2.45) is 5.10 Å². The second-order valence-electron chi connectivity index (χ2n) is 7.50. The smallest absolute Gasteiger partial charge is 0.272 e. The Bertz CT molecular complexity index is 1430. The zero-order valence-corrected chi connectivity index (χ0v) is 18.5. The molecule has 2 heterocycles. The fourth-order valence-electron chi connectivity index (χ4n) is 4.15. The van der Waals surface area contributed by atoms with E-state index in [-0.39, 0.29) is 16.9 Å². The van der Waals surface area contributed by atoms with Crippen LogP contribution in [-0.4, -0.2) is 22.2 Å². The van der Waals surface area contributed by atoms with Crippen molar-refractivity contribution < 1.29 is 14.3 Å². The summed E-state index contributed by atoms with van der Waals surface area (Å²) >= 11 is 2.05. The number of aromatic nitrogens is 1. The molecule has 2 aromatic carbocycles. The number of para-hydroxylation sites is 1. The topological polar surface area (TPSA) is 108 Å². The van der Waals surface area contributed by atoms with E-state index in [1.807, 2.05) is 28.7 Å². The predicted molar refractivity (Wildman–Crippen MR) is 127 cm³/mol. The number of phenols is 1. The van der Waals surface area contributed by atoms with Gasteiger partial charge in [-0.25, -0.2) is 5.43 Å². The van der Waals surface area contributed by atoms with Gasteiger partial charge in [0.15, 0.2) is 0 Å². The standard InChI is InChI=1S/C23H18IN3O4/c24-16-10-19-21(13-6-2-4-8-18(13)31-19)15(22(16)29)11-25-27-23(30)14-9-20(28)26-17-7-3-1-5-12(14)17/h1,3,5,7,9-11,29H,2,4,6,8H2,(H,26,28)(H,27,30)/b25-11-. The third-order valence-corrected chi connectivity index (χ3v) is 6.38. The van der Waals surface area contributed by atoms with E-state index >= 15 is 0 Å². The maximum absolute atomic E-state index is 12.7. The minimum Gasteiger partial charge on any atom is -0.506 e. The Morgan fingerprint density at radius 2 is 2.03 bits per heavy atom. The number of nitrogens with one attached hydrogen (secondary N) is 2. The van der Waals surface area contributed by atoms with Crippen LogP contribution in [0.25, 0.3) is 21.9 Å². The molecule has 1 aliphatic rings. The molecule has 1 amide bonds. The van der Waals surface area contributed by atoms with Crippen molar-refractivity contribution in [3.63, 3.8) is 0 Å². The number of rotatable bonds is 3. The second kappa shape index (κ2) is 7.84. The zero-order chi connectivity index (χ0) is 21.5. The molecule has 0 fully saturated rings. The number of amides is 1. The average molecular weight is 527 g/mol. The second-order valence-corrected chi connectivity index (χ2v) is 8.66. The fraction of sp³-hybridized carbons (Fsp3) is 0.174. The van der Waals surface area contributed by atoms with Crippen molar-refractivity contribution in [2.45, 2.75) is 25.7 Å². The molecule has 0 saturated carbocycles. The molecule has 8 heteroatoms. The van der Waals surface area contributed by atoms with Crippen molar-refractivity contribution in [1.82, 2.24) is 10.4 Å². The van der Waals surface area contributed by atoms with Gasteiger partial charge >= 0.3 is 0 Å². The predicted octanol–water partition coefficient (Wildman–Crippen LogP) is 4.23. The van der Waals surface area contributed by atoms with E-state index in [0.717, 1.165) is 42.4 Å². The number of H-pyrrole nitrogens is 1. The van der Waals surface area contributed by atoms with Crippen molar-refractivity contribution in [3.05, 3.63) is 72.8 Å². The van der Waals surface area contributed by atoms with E-state index in [1.165, 1.54) is 12.3 Å². The summed E-state index contributed by atoms with van der Waals surface area (Å²) < 4.78 is 6.67. The summed E-state index contributed by atoms with van der Waals surface area (Å²) in [5.74, 6) is 0.548. The van der Waals surface area contributed by atoms with E-state index in [4.69, 9.17) is 4.42 Å². The number of benzene rings is 2. The lowest BCUT2D eigenvalue weighted by Crippen LogP contribution is -2.20. The Morgan fingerprint density at radius 1 is 1.23 bits per heavy atom. The third-order valence-electron chi connectivity index (χ3n) is 5.56. The summed E-state index contributed by atoms with van der Waals surface area (Å²) in [5.41, 5.74) is 5.25. The fourth-order valence-corrected chi connectivity index (χ4v) is 4.72. The number of carbonyl (C=O) groups is 1. The monoisotopic (exact) mass is 527 g/mol. The van der Waals surface area contributed by atoms with Crippen molar-refractivity contribution >= 4 is 56.6 Å². The van der Waals surface area contributed by atoms with Gasteiger partial charge in [-0.3, -0.25) is 9.59 Å². The molecule has 7 nitrogen and oxygen atoms in total. The quantitative estimate of drug-likeness (QED) is 0.211. The number of carbonyl (C=O) groups excluding carboxylic acids is 1. The van der Waals surface area contributed by atoms with Crippen LogP contribution in [0.5, 0.6) is 5.75 Å². The first-order chi connectivity index (χ1) is 15.0. The molecule has 0 unspecified atom stereocenters. The largest absolute Gasteiger partial charge is 0.506 e. The summed E-state index contributed by atoms with van der Waals surface area (Å²) in [4.78, 5) is 27.4. The highest BCUT2D eigenvalue weighted by Crippen LogP contribution is 2.39. The SMILES string of the molecule is O=C(N/N=C\c1c(O)c(I)cc2oc3c(c12)CCCC3)c1cc(=O)[nH]c2ccccc12. The summed E-state index contributed by atoms with van der Waals surface area (Å²) in [6, 6.07) is 10.1. The lowest BCUT2D eigenvalue weighted by atomic mass is 9.94. The Balaban J connectivity index is 1.52. The molecule has 0 bridgehead atoms. The highest BCUT2D eigenvalue weighted by atomic mass is 127. The maximum atomic E-state index is 12.7. The highest BCUT2D eigenvalue weighted by molar-refractivity contribution is 14.1. The number of halogens is 1. The molecular weight excluding hydrogens is 509 g/mol. The van der Waals surface area contributed by atoms with Gasteiger partial charge in [-0.1, -0.05) is 18.2 Å². The van der Waals surface area contributed by atoms with E-state index in [2.05, 4.69) is 15.5 Å². The molecule has 2 aromatic heterocycles. The Hall–Kier alpha value is -3.14. The third kappa shape index (κ3) is 3.50. The van der Waals surface area contributed by atoms with E-state index < -0.39 is 5.91 Å². The van der Waals surface area contributed by atoms with Crippen molar-refractivity contribution in [2.75, 3.05) is 0 Å². The number of pyridine rings is 1. The molecular formula is C23H18IN3O4. The van der Waals surface area contributed by atoms with Gasteiger partial charge < -0.3 is 14.5 Å². The number of aromatic hydroxyl groups is 1. The minimum absolute atomic E-state index is 0.0990. The normalized spacial score (nSPS) is 13.7. The Kier molecular flexibility index (Phi) is 5.01. The van der Waals surface area contributed by atoms with Crippen molar-refractivity contribution in [3.8, 4) is 5.75 Å². The van der Waals surface area contributed by atoms with Gasteiger partial charge in [0, 0.05) is 39.9 Å². The number of fused-ring (bicyclic) bond motifs is 4. The molecule has 0 radical (unpaired) electrons. The molecule has 5 rings (SSSR count). The first-order valence-electron chi connectivity index (χ1n) is 9.94. The van der Waals surface area contributed by atoms with Gasteiger partial charge in [0.1, 0.15) is 17.1 Å². The van der Waals surface area contributed by atoms with Crippen LogP contribution in [0.1, 0.15) is 40.1 Å². The van der Waals surface area contributed by atoms with Crippen LogP contribution in [-0.2, 0) is 12.8 Å². The summed E-state index contributed by atoms with van der Waals surface area (Å²) in [6.07, 6.45) is 5.35. The van der Waals surface area contributed by atoms with E-state index in [0.29, 0.717) is 25.6 Å². The molecule has 31 heavy (non-hydrogen) atoms. The number of hydrogen-bond acceptors (Lipinski definition) is 5. The molecule has 4 aromatic rings. The Morgan fingerprint density at radius 3 is 2.90 bits per heavy atom. The molecule has 156 valence electrons. The van der Waals surface area contributed by atoms with Crippen LogP contribution in [0.15, 0.2) is 50.7 Å². The molecule has 0 atom stereocenters. The van der Waals surface area contributed by atoms with Crippen molar-refractivity contribution in [1.29, 1.82) is 0 Å². The maximum Gasteiger partial charge on any atom is 0.272 e. The van der Waals surface area contributed by atoms with Crippen LogP contribution in [0, 0.1) is 3.57 Å². The molecule has 0 spiro atoms. The van der Waals surface area contributed by atoms with Crippen LogP contribution in [0.3, 0.4) is 0 Å². The number of hydrogen-bond donors (Lipinski definition) is 3.